The molecule has 1 N–H and O–H groups in total. The monoisotopic (exact) mass is 264 g/mol. The molecule has 0 spiro atoms. The molecule has 19 heavy (non-hydrogen) atoms. The lowest BCUT2D eigenvalue weighted by Gasteiger charge is -2.27. The molecule has 1 amide bonds. The maximum absolute atomic E-state index is 12.2. The fraction of sp³-hybridized carbons (Fsp3) is 0.615. The van der Waals surface area contributed by atoms with E-state index in [9.17, 15) is 4.79 Å². The molecule has 6 nitrogen and oxygen atoms in total. The summed E-state index contributed by atoms with van der Waals surface area (Å²) in [6.45, 7) is 1.40. The number of hydrogen-bond acceptors (Lipinski definition) is 5. The number of rotatable bonds is 4. The van der Waals surface area contributed by atoms with E-state index in [0.29, 0.717) is 18.1 Å². The molecular weight excluding hydrogens is 244 g/mol. The van der Waals surface area contributed by atoms with Crippen LogP contribution >= 0.6 is 0 Å². The van der Waals surface area contributed by atoms with Crippen LogP contribution in [0.15, 0.2) is 12.1 Å². The number of aromatic nitrogens is 2. The smallest absolute Gasteiger partial charge is 0.274 e. The third-order valence-electron chi connectivity index (χ3n) is 3.24. The van der Waals surface area contributed by atoms with Crippen LogP contribution in [0.2, 0.25) is 0 Å². The Morgan fingerprint density at radius 2 is 2.32 bits per heavy atom. The largest absolute Gasteiger partial charge is 0.376 e. The van der Waals surface area contributed by atoms with Crippen molar-refractivity contribution in [2.75, 3.05) is 32.6 Å². The van der Waals surface area contributed by atoms with Crippen molar-refractivity contribution in [3.05, 3.63) is 17.8 Å². The molecule has 104 valence electrons. The summed E-state index contributed by atoms with van der Waals surface area (Å²) < 4.78 is 5.63. The van der Waals surface area contributed by atoms with Gasteiger partial charge in [-0.2, -0.15) is 0 Å². The molecular formula is C13H20N4O2. The van der Waals surface area contributed by atoms with E-state index < -0.39 is 0 Å². The van der Waals surface area contributed by atoms with Crippen LogP contribution in [0.4, 0.5) is 5.82 Å². The number of anilines is 1. The third kappa shape index (κ3) is 3.64. The van der Waals surface area contributed by atoms with Crippen molar-refractivity contribution in [2.24, 2.45) is 0 Å². The fourth-order valence-corrected chi connectivity index (χ4v) is 2.11. The number of likely N-dealkylation sites (N-methyl/N-ethyl adjacent to an activating group) is 1. The van der Waals surface area contributed by atoms with E-state index in [-0.39, 0.29) is 12.0 Å². The van der Waals surface area contributed by atoms with Gasteiger partial charge in [0.05, 0.1) is 6.10 Å². The minimum atomic E-state index is -0.121. The zero-order chi connectivity index (χ0) is 13.7. The van der Waals surface area contributed by atoms with Gasteiger partial charge in [-0.1, -0.05) is 0 Å². The molecule has 2 heterocycles. The van der Waals surface area contributed by atoms with Gasteiger partial charge in [0.2, 0.25) is 0 Å². The fourth-order valence-electron chi connectivity index (χ4n) is 2.11. The number of nitrogens with zero attached hydrogens (tertiary/aromatic N) is 3. The molecule has 0 radical (unpaired) electrons. The number of carbonyl (C=O) groups is 1. The Bertz CT molecular complexity index is 415. The van der Waals surface area contributed by atoms with Crippen LogP contribution in [-0.2, 0) is 4.74 Å². The Morgan fingerprint density at radius 3 is 2.89 bits per heavy atom. The predicted molar refractivity (Wildman–Crippen MR) is 72.1 cm³/mol. The van der Waals surface area contributed by atoms with E-state index in [2.05, 4.69) is 15.5 Å². The van der Waals surface area contributed by atoms with Crippen LogP contribution in [0.5, 0.6) is 0 Å². The number of carbonyl (C=O) groups excluding carboxylic acids is 1. The van der Waals surface area contributed by atoms with Gasteiger partial charge in [0.1, 0.15) is 5.82 Å². The predicted octanol–water partition coefficient (Wildman–Crippen LogP) is 1.16. The molecule has 1 aromatic heterocycles. The Kier molecular flexibility index (Phi) is 4.68. The molecule has 0 saturated carbocycles. The molecule has 1 unspecified atom stereocenters. The number of nitrogens with one attached hydrogen (secondary N) is 1. The van der Waals surface area contributed by atoms with Crippen molar-refractivity contribution in [2.45, 2.75) is 25.4 Å². The SMILES string of the molecule is CNc1ccc(C(=O)N(C)CC2CCCCO2)nn1. The Morgan fingerprint density at radius 1 is 1.47 bits per heavy atom. The van der Waals surface area contributed by atoms with Crippen molar-refractivity contribution in [3.8, 4) is 0 Å². The van der Waals surface area contributed by atoms with Gasteiger partial charge in [0.15, 0.2) is 5.69 Å². The summed E-state index contributed by atoms with van der Waals surface area (Å²) in [6.07, 6.45) is 3.45. The molecule has 2 rings (SSSR count). The van der Waals surface area contributed by atoms with E-state index >= 15 is 0 Å². The van der Waals surface area contributed by atoms with Crippen molar-refractivity contribution >= 4 is 11.7 Å². The quantitative estimate of drug-likeness (QED) is 0.884. The second kappa shape index (κ2) is 6.47. The molecule has 1 saturated heterocycles. The molecule has 0 bridgehead atoms. The number of ether oxygens (including phenoxy) is 1. The number of amides is 1. The van der Waals surface area contributed by atoms with Gasteiger partial charge < -0.3 is 15.0 Å². The van der Waals surface area contributed by atoms with Crippen LogP contribution in [0.1, 0.15) is 29.8 Å². The zero-order valence-electron chi connectivity index (χ0n) is 11.4. The van der Waals surface area contributed by atoms with Crippen LogP contribution < -0.4 is 5.32 Å². The second-order valence-corrected chi connectivity index (χ2v) is 4.73. The standard InChI is InChI=1S/C13H20N4O2/c1-14-12-7-6-11(15-16-12)13(18)17(2)9-10-5-3-4-8-19-10/h6-7,10H,3-5,8-9H2,1-2H3,(H,14,16). The van der Waals surface area contributed by atoms with E-state index in [1.807, 2.05) is 0 Å². The summed E-state index contributed by atoms with van der Waals surface area (Å²) in [5.41, 5.74) is 0.359. The molecule has 1 aromatic rings. The Hall–Kier alpha value is -1.69. The summed E-state index contributed by atoms with van der Waals surface area (Å²) in [6, 6.07) is 3.42. The summed E-state index contributed by atoms with van der Waals surface area (Å²) in [4.78, 5) is 13.8. The Labute approximate surface area is 113 Å². The second-order valence-electron chi connectivity index (χ2n) is 4.73. The topological polar surface area (TPSA) is 67.4 Å². The lowest BCUT2D eigenvalue weighted by Crippen LogP contribution is -2.37. The first-order chi connectivity index (χ1) is 9.20. The lowest BCUT2D eigenvalue weighted by molar-refractivity contribution is -0.000309. The van der Waals surface area contributed by atoms with Gasteiger partial charge in [0.25, 0.3) is 5.91 Å². The first-order valence-electron chi connectivity index (χ1n) is 6.59. The average Bonchev–Trinajstić information content (AvgIpc) is 2.47. The zero-order valence-corrected chi connectivity index (χ0v) is 11.4. The summed E-state index contributed by atoms with van der Waals surface area (Å²) in [5.74, 6) is 0.527. The van der Waals surface area contributed by atoms with E-state index in [4.69, 9.17) is 4.74 Å². The first kappa shape index (κ1) is 13.7. The molecule has 1 aliphatic rings. The van der Waals surface area contributed by atoms with Crippen LogP contribution in [0.25, 0.3) is 0 Å². The number of hydrogen-bond donors (Lipinski definition) is 1. The maximum Gasteiger partial charge on any atom is 0.274 e. The first-order valence-corrected chi connectivity index (χ1v) is 6.59. The van der Waals surface area contributed by atoms with Crippen molar-refractivity contribution in [3.63, 3.8) is 0 Å². The highest BCUT2D eigenvalue weighted by Crippen LogP contribution is 2.14. The molecule has 1 atom stereocenters. The Balaban J connectivity index is 1.93. The van der Waals surface area contributed by atoms with Crippen molar-refractivity contribution < 1.29 is 9.53 Å². The van der Waals surface area contributed by atoms with Gasteiger partial charge in [-0.25, -0.2) is 0 Å². The normalized spacial score (nSPS) is 18.9. The lowest BCUT2D eigenvalue weighted by atomic mass is 10.1. The molecule has 1 aliphatic heterocycles. The minimum Gasteiger partial charge on any atom is -0.376 e. The van der Waals surface area contributed by atoms with Gasteiger partial charge in [-0.05, 0) is 31.4 Å². The average molecular weight is 264 g/mol. The van der Waals surface area contributed by atoms with Crippen LogP contribution in [-0.4, -0.2) is 54.4 Å². The minimum absolute atomic E-state index is 0.121. The highest BCUT2D eigenvalue weighted by Gasteiger charge is 2.20. The summed E-state index contributed by atoms with van der Waals surface area (Å²) >= 11 is 0. The van der Waals surface area contributed by atoms with Crippen LogP contribution in [0.3, 0.4) is 0 Å². The summed E-state index contributed by atoms with van der Waals surface area (Å²) in [5, 5.41) is 10.7. The molecule has 0 aromatic carbocycles. The molecule has 0 aliphatic carbocycles. The highest BCUT2D eigenvalue weighted by molar-refractivity contribution is 5.92. The molecule has 1 fully saturated rings. The van der Waals surface area contributed by atoms with Crippen LogP contribution in [0, 0.1) is 0 Å². The van der Waals surface area contributed by atoms with E-state index in [0.717, 1.165) is 19.4 Å². The van der Waals surface area contributed by atoms with Crippen molar-refractivity contribution in [1.82, 2.24) is 15.1 Å². The molecule has 6 heteroatoms. The third-order valence-corrected chi connectivity index (χ3v) is 3.24. The highest BCUT2D eigenvalue weighted by atomic mass is 16.5. The maximum atomic E-state index is 12.2. The van der Waals surface area contributed by atoms with Gasteiger partial charge >= 0.3 is 0 Å². The van der Waals surface area contributed by atoms with Crippen molar-refractivity contribution in [1.29, 1.82) is 0 Å². The van der Waals surface area contributed by atoms with Gasteiger partial charge in [0, 0.05) is 27.2 Å². The van der Waals surface area contributed by atoms with Gasteiger partial charge in [-0.3, -0.25) is 4.79 Å². The van der Waals surface area contributed by atoms with Gasteiger partial charge in [-0.15, -0.1) is 10.2 Å². The van der Waals surface area contributed by atoms with E-state index in [1.165, 1.54) is 6.42 Å². The van der Waals surface area contributed by atoms with E-state index in [1.54, 1.807) is 31.1 Å². The summed E-state index contributed by atoms with van der Waals surface area (Å²) in [7, 11) is 3.53.